The van der Waals surface area contributed by atoms with Crippen LogP contribution in [0.1, 0.15) is 24.7 Å². The third-order valence-electron chi connectivity index (χ3n) is 2.40. The van der Waals surface area contributed by atoms with Gasteiger partial charge in [0.25, 0.3) is 0 Å². The fourth-order valence-electron chi connectivity index (χ4n) is 1.45. The van der Waals surface area contributed by atoms with Crippen LogP contribution in [0, 0.1) is 13.8 Å². The van der Waals surface area contributed by atoms with Crippen molar-refractivity contribution in [3.05, 3.63) is 17.6 Å². The molecule has 0 aromatic carbocycles. The summed E-state index contributed by atoms with van der Waals surface area (Å²) < 4.78 is 0. The predicted octanol–water partition coefficient (Wildman–Crippen LogP) is 1.27. The minimum atomic E-state index is 0.647. The second kappa shape index (κ2) is 5.66. The van der Waals surface area contributed by atoms with E-state index in [1.54, 1.807) is 0 Å². The second-order valence-corrected chi connectivity index (χ2v) is 3.67. The number of aromatic nitrogens is 2. The van der Waals surface area contributed by atoms with Gasteiger partial charge in [-0.15, -0.1) is 0 Å². The zero-order valence-electron chi connectivity index (χ0n) is 9.82. The maximum atomic E-state index is 5.58. The Bertz CT molecular complexity index is 305. The van der Waals surface area contributed by atoms with Gasteiger partial charge < -0.3 is 10.6 Å². The van der Waals surface area contributed by atoms with Crippen LogP contribution in [0.25, 0.3) is 0 Å². The van der Waals surface area contributed by atoms with Gasteiger partial charge in [0.05, 0.1) is 17.6 Å². The molecule has 0 amide bonds. The largest absolute Gasteiger partial charge is 0.354 e. The first-order valence-corrected chi connectivity index (χ1v) is 5.44. The topological polar surface area (TPSA) is 55.0 Å². The number of anilines is 1. The Balaban J connectivity index is 2.85. The molecule has 1 aromatic rings. The monoisotopic (exact) mass is 208 g/mol. The van der Waals surface area contributed by atoms with E-state index in [1.165, 1.54) is 0 Å². The lowest BCUT2D eigenvalue weighted by atomic mass is 10.3. The lowest BCUT2D eigenvalue weighted by molar-refractivity contribution is 0.745. The molecule has 0 bridgehead atoms. The lowest BCUT2D eigenvalue weighted by Gasteiger charge is -2.22. The van der Waals surface area contributed by atoms with E-state index in [2.05, 4.69) is 21.8 Å². The lowest BCUT2D eigenvalue weighted by Crippen LogP contribution is -2.31. The number of hydrogen-bond acceptors (Lipinski definition) is 4. The van der Waals surface area contributed by atoms with E-state index in [0.29, 0.717) is 6.54 Å². The molecule has 0 saturated heterocycles. The van der Waals surface area contributed by atoms with Crippen molar-refractivity contribution in [1.29, 1.82) is 0 Å². The van der Waals surface area contributed by atoms with Crippen molar-refractivity contribution in [2.24, 2.45) is 5.73 Å². The quantitative estimate of drug-likeness (QED) is 0.791. The van der Waals surface area contributed by atoms with Crippen molar-refractivity contribution in [2.45, 2.75) is 27.2 Å². The molecule has 1 aromatic heterocycles. The van der Waals surface area contributed by atoms with Gasteiger partial charge in [-0.05, 0) is 20.3 Å². The maximum absolute atomic E-state index is 5.58. The van der Waals surface area contributed by atoms with Crippen LogP contribution in [0.15, 0.2) is 6.20 Å². The van der Waals surface area contributed by atoms with Gasteiger partial charge in [0.2, 0.25) is 0 Å². The molecule has 0 spiro atoms. The highest BCUT2D eigenvalue weighted by atomic mass is 15.2. The minimum absolute atomic E-state index is 0.647. The van der Waals surface area contributed by atoms with Crippen LogP contribution >= 0.6 is 0 Å². The van der Waals surface area contributed by atoms with Gasteiger partial charge in [0.1, 0.15) is 5.82 Å². The van der Waals surface area contributed by atoms with E-state index in [-0.39, 0.29) is 0 Å². The average Bonchev–Trinajstić information content (AvgIpc) is 2.22. The number of aryl methyl sites for hydroxylation is 2. The fraction of sp³-hybridized carbons (Fsp3) is 0.636. The van der Waals surface area contributed by atoms with E-state index in [0.717, 1.165) is 36.7 Å². The summed E-state index contributed by atoms with van der Waals surface area (Å²) >= 11 is 0. The number of hydrogen-bond donors (Lipinski definition) is 1. The van der Waals surface area contributed by atoms with Crippen molar-refractivity contribution in [2.75, 3.05) is 24.5 Å². The average molecular weight is 208 g/mol. The van der Waals surface area contributed by atoms with Gasteiger partial charge in [-0.1, -0.05) is 6.92 Å². The standard InChI is InChI=1S/C11H20N4/c1-4-6-15(7-5-12)11-8-13-9(2)10(3)14-11/h8H,4-7,12H2,1-3H3. The van der Waals surface area contributed by atoms with Crippen LogP contribution < -0.4 is 10.6 Å². The van der Waals surface area contributed by atoms with Gasteiger partial charge in [-0.2, -0.15) is 0 Å². The van der Waals surface area contributed by atoms with Crippen molar-refractivity contribution in [3.8, 4) is 0 Å². The Morgan fingerprint density at radius 2 is 2.00 bits per heavy atom. The Morgan fingerprint density at radius 1 is 1.27 bits per heavy atom. The van der Waals surface area contributed by atoms with Crippen molar-refractivity contribution >= 4 is 5.82 Å². The minimum Gasteiger partial charge on any atom is -0.354 e. The van der Waals surface area contributed by atoms with Gasteiger partial charge >= 0.3 is 0 Å². The summed E-state index contributed by atoms with van der Waals surface area (Å²) in [5.41, 5.74) is 7.56. The normalized spacial score (nSPS) is 10.4. The molecule has 84 valence electrons. The third-order valence-corrected chi connectivity index (χ3v) is 2.40. The van der Waals surface area contributed by atoms with Crippen LogP contribution in [0.2, 0.25) is 0 Å². The van der Waals surface area contributed by atoms with Crippen LogP contribution in [0.3, 0.4) is 0 Å². The van der Waals surface area contributed by atoms with Gasteiger partial charge in [0, 0.05) is 19.6 Å². The summed E-state index contributed by atoms with van der Waals surface area (Å²) in [4.78, 5) is 11.0. The summed E-state index contributed by atoms with van der Waals surface area (Å²) in [6, 6.07) is 0. The van der Waals surface area contributed by atoms with E-state index in [1.807, 2.05) is 20.0 Å². The van der Waals surface area contributed by atoms with E-state index in [9.17, 15) is 0 Å². The Labute approximate surface area is 91.5 Å². The molecule has 0 unspecified atom stereocenters. The molecular formula is C11H20N4. The molecule has 15 heavy (non-hydrogen) atoms. The first kappa shape index (κ1) is 11.9. The zero-order valence-corrected chi connectivity index (χ0v) is 9.82. The number of nitrogens with zero attached hydrogens (tertiary/aromatic N) is 3. The van der Waals surface area contributed by atoms with E-state index >= 15 is 0 Å². The van der Waals surface area contributed by atoms with Crippen molar-refractivity contribution in [3.63, 3.8) is 0 Å². The molecule has 0 aliphatic rings. The third kappa shape index (κ3) is 3.16. The molecule has 1 rings (SSSR count). The fourth-order valence-corrected chi connectivity index (χ4v) is 1.45. The molecule has 0 fully saturated rings. The predicted molar refractivity (Wildman–Crippen MR) is 63.1 cm³/mol. The molecule has 0 aliphatic heterocycles. The Kier molecular flexibility index (Phi) is 4.49. The summed E-state index contributed by atoms with van der Waals surface area (Å²) in [5, 5.41) is 0. The zero-order chi connectivity index (χ0) is 11.3. The smallest absolute Gasteiger partial charge is 0.147 e. The molecule has 0 aliphatic carbocycles. The van der Waals surface area contributed by atoms with Crippen LogP contribution in [-0.4, -0.2) is 29.6 Å². The number of nitrogens with two attached hydrogens (primary N) is 1. The van der Waals surface area contributed by atoms with Gasteiger partial charge in [0.15, 0.2) is 0 Å². The summed E-state index contributed by atoms with van der Waals surface area (Å²) in [6.45, 7) is 8.57. The first-order chi connectivity index (χ1) is 7.19. The highest BCUT2D eigenvalue weighted by Gasteiger charge is 2.07. The highest BCUT2D eigenvalue weighted by Crippen LogP contribution is 2.11. The molecule has 0 atom stereocenters. The van der Waals surface area contributed by atoms with Crippen molar-refractivity contribution < 1.29 is 0 Å². The Hall–Kier alpha value is -1.16. The second-order valence-electron chi connectivity index (χ2n) is 3.67. The summed E-state index contributed by atoms with van der Waals surface area (Å²) in [7, 11) is 0. The van der Waals surface area contributed by atoms with Crippen molar-refractivity contribution in [1.82, 2.24) is 9.97 Å². The van der Waals surface area contributed by atoms with Gasteiger partial charge in [-0.25, -0.2) is 4.98 Å². The van der Waals surface area contributed by atoms with Crippen LogP contribution in [0.5, 0.6) is 0 Å². The summed E-state index contributed by atoms with van der Waals surface area (Å²) in [5.74, 6) is 0.936. The van der Waals surface area contributed by atoms with Gasteiger partial charge in [-0.3, -0.25) is 4.98 Å². The van der Waals surface area contributed by atoms with E-state index < -0.39 is 0 Å². The highest BCUT2D eigenvalue weighted by molar-refractivity contribution is 5.37. The van der Waals surface area contributed by atoms with Crippen LogP contribution in [-0.2, 0) is 0 Å². The molecule has 2 N–H and O–H groups in total. The van der Waals surface area contributed by atoms with E-state index in [4.69, 9.17) is 5.73 Å². The molecule has 4 nitrogen and oxygen atoms in total. The molecular weight excluding hydrogens is 188 g/mol. The molecule has 1 heterocycles. The molecule has 0 saturated carbocycles. The number of rotatable bonds is 5. The SMILES string of the molecule is CCCN(CCN)c1cnc(C)c(C)n1. The Morgan fingerprint density at radius 3 is 2.53 bits per heavy atom. The first-order valence-electron chi connectivity index (χ1n) is 5.44. The maximum Gasteiger partial charge on any atom is 0.147 e. The molecule has 0 radical (unpaired) electrons. The van der Waals surface area contributed by atoms with Crippen LogP contribution in [0.4, 0.5) is 5.82 Å². The summed E-state index contributed by atoms with van der Waals surface area (Å²) in [6.07, 6.45) is 2.92. The molecule has 4 heteroatoms.